The van der Waals surface area contributed by atoms with E-state index in [0.717, 1.165) is 12.1 Å². The third kappa shape index (κ3) is 6.27. The summed E-state index contributed by atoms with van der Waals surface area (Å²) in [4.78, 5) is 45.6. The number of nitro groups is 1. The highest BCUT2D eigenvalue weighted by molar-refractivity contribution is 5.97. The van der Waals surface area contributed by atoms with Gasteiger partial charge in [-0.15, -0.1) is 0 Å². The highest BCUT2D eigenvalue weighted by Crippen LogP contribution is 2.28. The molecule has 0 saturated heterocycles. The number of carbonyl (C=O) groups is 3. The second-order valence-corrected chi connectivity index (χ2v) is 5.54. The van der Waals surface area contributed by atoms with Crippen LogP contribution in [0.1, 0.15) is 10.4 Å². The van der Waals surface area contributed by atoms with Gasteiger partial charge in [0.15, 0.2) is 6.61 Å². The molecular weight excluding hydrogens is 389 g/mol. The van der Waals surface area contributed by atoms with Crippen molar-refractivity contribution in [3.8, 4) is 5.75 Å². The fourth-order valence-electron chi connectivity index (χ4n) is 2.17. The number of benzene rings is 2. The van der Waals surface area contributed by atoms with Crippen molar-refractivity contribution in [2.45, 2.75) is 0 Å². The summed E-state index contributed by atoms with van der Waals surface area (Å²) < 4.78 is 22.8. The molecule has 152 valence electrons. The van der Waals surface area contributed by atoms with Crippen molar-refractivity contribution < 1.29 is 33.2 Å². The molecule has 0 fully saturated rings. The number of nitro benzene ring substituents is 1. The van der Waals surface area contributed by atoms with Crippen molar-refractivity contribution in [3.63, 3.8) is 0 Å². The number of hydrogen-bond acceptors (Lipinski definition) is 7. The first-order valence-electron chi connectivity index (χ1n) is 8.12. The zero-order chi connectivity index (χ0) is 21.4. The van der Waals surface area contributed by atoms with Crippen LogP contribution in [0.25, 0.3) is 0 Å². The van der Waals surface area contributed by atoms with E-state index in [4.69, 9.17) is 9.47 Å². The van der Waals surface area contributed by atoms with Crippen molar-refractivity contribution in [3.05, 3.63) is 64.0 Å². The van der Waals surface area contributed by atoms with Gasteiger partial charge in [-0.25, -0.2) is 4.39 Å². The minimum atomic E-state index is -0.907. The monoisotopic (exact) mass is 405 g/mol. The van der Waals surface area contributed by atoms with E-state index >= 15 is 0 Å². The average Bonchev–Trinajstić information content (AvgIpc) is 2.70. The first-order chi connectivity index (χ1) is 13.8. The van der Waals surface area contributed by atoms with E-state index in [1.165, 1.54) is 37.4 Å². The topological polar surface area (TPSA) is 137 Å². The quantitative estimate of drug-likeness (QED) is 0.387. The van der Waals surface area contributed by atoms with E-state index in [0.29, 0.717) is 0 Å². The van der Waals surface area contributed by atoms with Crippen LogP contribution < -0.4 is 15.4 Å². The van der Waals surface area contributed by atoms with E-state index in [2.05, 4.69) is 10.6 Å². The summed E-state index contributed by atoms with van der Waals surface area (Å²) in [5.41, 5.74) is -0.214. The van der Waals surface area contributed by atoms with E-state index in [1.807, 2.05) is 0 Å². The van der Waals surface area contributed by atoms with Gasteiger partial charge in [-0.05, 0) is 24.3 Å². The fraction of sp³-hybridized carbons (Fsp3) is 0.167. The van der Waals surface area contributed by atoms with Crippen molar-refractivity contribution >= 4 is 29.2 Å². The summed E-state index contributed by atoms with van der Waals surface area (Å²) in [6, 6.07) is 8.48. The molecule has 0 aliphatic rings. The Hall–Kier alpha value is -4.02. The van der Waals surface area contributed by atoms with Gasteiger partial charge in [0.05, 0.1) is 17.7 Å². The number of methoxy groups -OCH3 is 1. The maximum atomic E-state index is 13.1. The molecule has 10 nitrogen and oxygen atoms in total. The number of hydrogen-bond donors (Lipinski definition) is 2. The first kappa shape index (κ1) is 21.3. The molecule has 11 heteroatoms. The van der Waals surface area contributed by atoms with E-state index in [-0.39, 0.29) is 22.7 Å². The molecule has 0 aliphatic heterocycles. The van der Waals surface area contributed by atoms with Crippen molar-refractivity contribution in [2.24, 2.45) is 0 Å². The molecule has 0 spiro atoms. The second-order valence-electron chi connectivity index (χ2n) is 5.54. The van der Waals surface area contributed by atoms with Gasteiger partial charge in [0, 0.05) is 17.7 Å². The number of nitrogens with zero attached hydrogens (tertiary/aromatic N) is 1. The molecule has 0 aromatic heterocycles. The van der Waals surface area contributed by atoms with Gasteiger partial charge < -0.3 is 20.1 Å². The normalized spacial score (nSPS) is 10.0. The van der Waals surface area contributed by atoms with Crippen LogP contribution >= 0.6 is 0 Å². The first-order valence-corrected chi connectivity index (χ1v) is 8.12. The van der Waals surface area contributed by atoms with Crippen molar-refractivity contribution in [1.82, 2.24) is 5.32 Å². The van der Waals surface area contributed by atoms with Gasteiger partial charge >= 0.3 is 5.97 Å². The van der Waals surface area contributed by atoms with Crippen LogP contribution in [0.3, 0.4) is 0 Å². The predicted octanol–water partition coefficient (Wildman–Crippen LogP) is 1.65. The molecule has 29 heavy (non-hydrogen) atoms. The lowest BCUT2D eigenvalue weighted by Gasteiger charge is -2.10. The van der Waals surface area contributed by atoms with Crippen LogP contribution in [0.15, 0.2) is 42.5 Å². The molecule has 2 N–H and O–H groups in total. The van der Waals surface area contributed by atoms with E-state index in [1.54, 1.807) is 0 Å². The number of carbonyl (C=O) groups excluding carboxylic acids is 3. The SMILES string of the molecule is COc1ccc([N+](=O)[O-])cc1NC(=O)COC(=O)CNC(=O)c1cccc(F)c1. The number of nitrogens with one attached hydrogen (secondary N) is 2. The molecule has 0 heterocycles. The molecule has 0 aliphatic carbocycles. The van der Waals surface area contributed by atoms with Crippen LogP contribution in [0, 0.1) is 15.9 Å². The standard InChI is InChI=1S/C18H16FN3O7/c1-28-15-6-5-13(22(26)27)8-14(15)21-16(23)10-29-17(24)9-20-18(25)11-3-2-4-12(19)7-11/h2-8H,9-10H2,1H3,(H,20,25)(H,21,23). The minimum Gasteiger partial charge on any atom is -0.495 e. The Bertz CT molecular complexity index is 949. The molecule has 0 bridgehead atoms. The molecule has 0 unspecified atom stereocenters. The lowest BCUT2D eigenvalue weighted by molar-refractivity contribution is -0.384. The summed E-state index contributed by atoms with van der Waals surface area (Å²) in [6.07, 6.45) is 0. The summed E-state index contributed by atoms with van der Waals surface area (Å²) >= 11 is 0. The van der Waals surface area contributed by atoms with Gasteiger partial charge in [0.1, 0.15) is 18.1 Å². The summed E-state index contributed by atoms with van der Waals surface area (Å²) in [5.74, 6) is -2.79. The lowest BCUT2D eigenvalue weighted by Crippen LogP contribution is -2.32. The number of anilines is 1. The number of amides is 2. The Labute approximate surface area is 163 Å². The zero-order valence-electron chi connectivity index (χ0n) is 15.1. The number of rotatable bonds is 8. The third-order valence-corrected chi connectivity index (χ3v) is 3.51. The van der Waals surface area contributed by atoms with Gasteiger partial charge in [-0.1, -0.05) is 6.07 Å². The van der Waals surface area contributed by atoms with Gasteiger partial charge in [-0.3, -0.25) is 24.5 Å². The Balaban J connectivity index is 1.84. The van der Waals surface area contributed by atoms with Gasteiger partial charge in [-0.2, -0.15) is 0 Å². The number of ether oxygens (including phenoxy) is 2. The number of non-ortho nitro benzene ring substituents is 1. The number of esters is 1. The fourth-order valence-corrected chi connectivity index (χ4v) is 2.17. The Morgan fingerprint density at radius 3 is 2.59 bits per heavy atom. The number of halogens is 1. The Morgan fingerprint density at radius 1 is 1.17 bits per heavy atom. The summed E-state index contributed by atoms with van der Waals surface area (Å²) in [5, 5.41) is 15.4. The van der Waals surface area contributed by atoms with Crippen LogP contribution in [-0.4, -0.2) is 43.0 Å². The Morgan fingerprint density at radius 2 is 1.93 bits per heavy atom. The molecule has 2 aromatic carbocycles. The molecule has 2 aromatic rings. The molecule has 0 saturated carbocycles. The molecule has 0 radical (unpaired) electrons. The second kappa shape index (κ2) is 9.78. The third-order valence-electron chi connectivity index (χ3n) is 3.51. The van der Waals surface area contributed by atoms with Crippen molar-refractivity contribution in [2.75, 3.05) is 25.6 Å². The van der Waals surface area contributed by atoms with Gasteiger partial charge in [0.2, 0.25) is 0 Å². The van der Waals surface area contributed by atoms with Crippen LogP contribution in [0.5, 0.6) is 5.75 Å². The zero-order valence-corrected chi connectivity index (χ0v) is 15.1. The highest BCUT2D eigenvalue weighted by atomic mass is 19.1. The van der Waals surface area contributed by atoms with Crippen molar-refractivity contribution in [1.29, 1.82) is 0 Å². The summed E-state index contributed by atoms with van der Waals surface area (Å²) in [7, 11) is 1.32. The Kier molecular flexibility index (Phi) is 7.18. The summed E-state index contributed by atoms with van der Waals surface area (Å²) in [6.45, 7) is -1.23. The average molecular weight is 405 g/mol. The highest BCUT2D eigenvalue weighted by Gasteiger charge is 2.15. The lowest BCUT2D eigenvalue weighted by atomic mass is 10.2. The predicted molar refractivity (Wildman–Crippen MR) is 98.0 cm³/mol. The van der Waals surface area contributed by atoms with Crippen LogP contribution in [0.2, 0.25) is 0 Å². The minimum absolute atomic E-state index is 0.0216. The molecule has 0 atom stereocenters. The molecule has 2 rings (SSSR count). The smallest absolute Gasteiger partial charge is 0.325 e. The van der Waals surface area contributed by atoms with E-state index in [9.17, 15) is 28.9 Å². The maximum absolute atomic E-state index is 13.1. The van der Waals surface area contributed by atoms with Gasteiger partial charge in [0.25, 0.3) is 17.5 Å². The largest absolute Gasteiger partial charge is 0.495 e. The molecule has 2 amide bonds. The van der Waals surface area contributed by atoms with Crippen LogP contribution in [0.4, 0.5) is 15.8 Å². The molecular formula is C18H16FN3O7. The van der Waals surface area contributed by atoms with Crippen LogP contribution in [-0.2, 0) is 14.3 Å². The maximum Gasteiger partial charge on any atom is 0.325 e. The van der Waals surface area contributed by atoms with E-state index < -0.39 is 41.7 Å².